The van der Waals surface area contributed by atoms with Gasteiger partial charge in [0.25, 0.3) is 5.91 Å². The molecule has 110 valence electrons. The van der Waals surface area contributed by atoms with Crippen molar-refractivity contribution in [3.05, 3.63) is 24.0 Å². The van der Waals surface area contributed by atoms with Crippen LogP contribution in [0.1, 0.15) is 56.9 Å². The zero-order chi connectivity index (χ0) is 14.6. The standard InChI is InChI=1S/C16H25N3O/c1-4-16(9-7-10-16)18-13-8-11-17-14(12-13)15(20)19(5-2)6-3/h8,11-12H,4-7,9-10H2,1-3H3,(H,17,18). The summed E-state index contributed by atoms with van der Waals surface area (Å²) in [6.45, 7) is 7.63. The number of anilines is 1. The molecule has 1 aromatic rings. The van der Waals surface area contributed by atoms with Crippen LogP contribution in [-0.4, -0.2) is 34.4 Å². The molecule has 1 N–H and O–H groups in total. The van der Waals surface area contributed by atoms with Crippen molar-refractivity contribution in [3.8, 4) is 0 Å². The molecule has 1 aliphatic carbocycles. The second kappa shape index (κ2) is 6.25. The van der Waals surface area contributed by atoms with Gasteiger partial charge in [-0.2, -0.15) is 0 Å². The minimum Gasteiger partial charge on any atom is -0.380 e. The predicted molar refractivity (Wildman–Crippen MR) is 82.0 cm³/mol. The summed E-state index contributed by atoms with van der Waals surface area (Å²) in [6, 6.07) is 3.84. The number of hydrogen-bond acceptors (Lipinski definition) is 3. The van der Waals surface area contributed by atoms with Crippen molar-refractivity contribution in [2.45, 2.75) is 52.0 Å². The summed E-state index contributed by atoms with van der Waals surface area (Å²) in [5.41, 5.74) is 1.78. The van der Waals surface area contributed by atoms with Crippen molar-refractivity contribution in [1.29, 1.82) is 0 Å². The number of carbonyl (C=O) groups is 1. The van der Waals surface area contributed by atoms with E-state index in [2.05, 4.69) is 17.2 Å². The minimum absolute atomic E-state index is 0.0119. The molecule has 20 heavy (non-hydrogen) atoms. The number of nitrogens with one attached hydrogen (secondary N) is 1. The number of pyridine rings is 1. The van der Waals surface area contributed by atoms with Gasteiger partial charge in [0.15, 0.2) is 0 Å². The molecule has 1 aromatic heterocycles. The zero-order valence-electron chi connectivity index (χ0n) is 12.8. The van der Waals surface area contributed by atoms with Crippen LogP contribution in [-0.2, 0) is 0 Å². The fourth-order valence-corrected chi connectivity index (χ4v) is 2.77. The van der Waals surface area contributed by atoms with Crippen molar-refractivity contribution in [2.75, 3.05) is 18.4 Å². The van der Waals surface area contributed by atoms with Gasteiger partial charge >= 0.3 is 0 Å². The molecule has 0 saturated heterocycles. The molecule has 2 rings (SSSR count). The normalized spacial score (nSPS) is 16.4. The molecule has 0 atom stereocenters. The first-order valence-electron chi connectivity index (χ1n) is 7.67. The van der Waals surface area contributed by atoms with Crippen LogP contribution in [0.15, 0.2) is 18.3 Å². The van der Waals surface area contributed by atoms with Crippen LogP contribution >= 0.6 is 0 Å². The summed E-state index contributed by atoms with van der Waals surface area (Å²) < 4.78 is 0. The summed E-state index contributed by atoms with van der Waals surface area (Å²) in [5, 5.41) is 3.60. The SMILES string of the molecule is CCN(CC)C(=O)c1cc(NC2(CC)CCC2)ccn1. The molecule has 0 spiro atoms. The molecule has 0 aromatic carbocycles. The minimum atomic E-state index is 0.0119. The lowest BCUT2D eigenvalue weighted by Gasteiger charge is -2.43. The second-order valence-corrected chi connectivity index (χ2v) is 5.52. The van der Waals surface area contributed by atoms with Crippen molar-refractivity contribution >= 4 is 11.6 Å². The summed E-state index contributed by atoms with van der Waals surface area (Å²) in [6.07, 6.45) is 6.56. The molecule has 1 amide bonds. The van der Waals surface area contributed by atoms with E-state index in [-0.39, 0.29) is 11.4 Å². The van der Waals surface area contributed by atoms with E-state index in [0.717, 1.165) is 12.1 Å². The highest BCUT2D eigenvalue weighted by Crippen LogP contribution is 2.37. The molecular formula is C16H25N3O. The van der Waals surface area contributed by atoms with Gasteiger partial charge < -0.3 is 10.2 Å². The Bertz CT molecular complexity index is 459. The number of rotatable bonds is 6. The Balaban J connectivity index is 2.13. The molecule has 0 unspecified atom stereocenters. The van der Waals surface area contributed by atoms with Gasteiger partial charge in [0.2, 0.25) is 0 Å². The first kappa shape index (κ1) is 14.8. The third kappa shape index (κ3) is 2.94. The molecule has 0 radical (unpaired) electrons. The van der Waals surface area contributed by atoms with Crippen molar-refractivity contribution in [3.63, 3.8) is 0 Å². The molecule has 0 aliphatic heterocycles. The maximum atomic E-state index is 12.3. The fraction of sp³-hybridized carbons (Fsp3) is 0.625. The summed E-state index contributed by atoms with van der Waals surface area (Å²) in [4.78, 5) is 18.3. The molecule has 0 bridgehead atoms. The van der Waals surface area contributed by atoms with Gasteiger partial charge in [-0.15, -0.1) is 0 Å². The lowest BCUT2D eigenvalue weighted by Crippen LogP contribution is -2.44. The van der Waals surface area contributed by atoms with E-state index in [0.29, 0.717) is 18.8 Å². The van der Waals surface area contributed by atoms with Gasteiger partial charge in [-0.3, -0.25) is 9.78 Å². The van der Waals surface area contributed by atoms with Gasteiger partial charge in [-0.1, -0.05) is 6.92 Å². The first-order valence-corrected chi connectivity index (χ1v) is 7.67. The lowest BCUT2D eigenvalue weighted by molar-refractivity contribution is 0.0767. The average Bonchev–Trinajstić information content (AvgIpc) is 2.44. The molecular weight excluding hydrogens is 250 g/mol. The first-order chi connectivity index (χ1) is 9.64. The number of aromatic nitrogens is 1. The van der Waals surface area contributed by atoms with E-state index >= 15 is 0 Å². The number of hydrogen-bond donors (Lipinski definition) is 1. The molecule has 1 heterocycles. The monoisotopic (exact) mass is 275 g/mol. The van der Waals surface area contributed by atoms with Crippen LogP contribution < -0.4 is 5.32 Å². The van der Waals surface area contributed by atoms with Gasteiger partial charge in [0.05, 0.1) is 0 Å². The van der Waals surface area contributed by atoms with E-state index < -0.39 is 0 Å². The largest absolute Gasteiger partial charge is 0.380 e. The Morgan fingerprint density at radius 1 is 1.35 bits per heavy atom. The fourth-order valence-electron chi connectivity index (χ4n) is 2.77. The third-order valence-electron chi connectivity index (χ3n) is 4.43. The number of carbonyl (C=O) groups excluding carboxylic acids is 1. The van der Waals surface area contributed by atoms with Crippen LogP contribution in [0.3, 0.4) is 0 Å². The topological polar surface area (TPSA) is 45.2 Å². The Morgan fingerprint density at radius 3 is 2.55 bits per heavy atom. The second-order valence-electron chi connectivity index (χ2n) is 5.52. The van der Waals surface area contributed by atoms with E-state index in [9.17, 15) is 4.79 Å². The van der Waals surface area contributed by atoms with Crippen molar-refractivity contribution in [2.24, 2.45) is 0 Å². The van der Waals surface area contributed by atoms with Crippen LogP contribution in [0.4, 0.5) is 5.69 Å². The highest BCUT2D eigenvalue weighted by molar-refractivity contribution is 5.93. The highest BCUT2D eigenvalue weighted by Gasteiger charge is 2.34. The Labute approximate surface area is 121 Å². The van der Waals surface area contributed by atoms with Crippen molar-refractivity contribution in [1.82, 2.24) is 9.88 Å². The van der Waals surface area contributed by atoms with Crippen LogP contribution in [0.5, 0.6) is 0 Å². The van der Waals surface area contributed by atoms with Crippen LogP contribution in [0, 0.1) is 0 Å². The molecule has 4 heteroatoms. The Morgan fingerprint density at radius 2 is 2.05 bits per heavy atom. The average molecular weight is 275 g/mol. The molecule has 1 aliphatic rings. The third-order valence-corrected chi connectivity index (χ3v) is 4.43. The predicted octanol–water partition coefficient (Wildman–Crippen LogP) is 3.31. The summed E-state index contributed by atoms with van der Waals surface area (Å²) in [5.74, 6) is 0.0119. The van der Waals surface area contributed by atoms with Gasteiger partial charge in [0, 0.05) is 30.5 Å². The van der Waals surface area contributed by atoms with Gasteiger partial charge in [-0.05, 0) is 51.7 Å². The van der Waals surface area contributed by atoms with E-state index in [4.69, 9.17) is 0 Å². The number of nitrogens with zero attached hydrogens (tertiary/aromatic N) is 2. The quantitative estimate of drug-likeness (QED) is 0.866. The van der Waals surface area contributed by atoms with Crippen molar-refractivity contribution < 1.29 is 4.79 Å². The van der Waals surface area contributed by atoms with Crippen LogP contribution in [0.25, 0.3) is 0 Å². The summed E-state index contributed by atoms with van der Waals surface area (Å²) in [7, 11) is 0. The van der Waals surface area contributed by atoms with Crippen LogP contribution in [0.2, 0.25) is 0 Å². The molecule has 1 saturated carbocycles. The smallest absolute Gasteiger partial charge is 0.272 e. The molecule has 4 nitrogen and oxygen atoms in total. The summed E-state index contributed by atoms with van der Waals surface area (Å²) >= 11 is 0. The van der Waals surface area contributed by atoms with Gasteiger partial charge in [-0.25, -0.2) is 0 Å². The lowest BCUT2D eigenvalue weighted by atomic mass is 9.74. The van der Waals surface area contributed by atoms with Gasteiger partial charge in [0.1, 0.15) is 5.69 Å². The van der Waals surface area contributed by atoms with E-state index in [1.807, 2.05) is 26.0 Å². The Hall–Kier alpha value is -1.58. The molecule has 1 fully saturated rings. The van der Waals surface area contributed by atoms with E-state index in [1.54, 1.807) is 11.1 Å². The number of amides is 1. The Kier molecular flexibility index (Phi) is 4.63. The maximum Gasteiger partial charge on any atom is 0.272 e. The maximum absolute atomic E-state index is 12.3. The zero-order valence-corrected chi connectivity index (χ0v) is 12.8. The highest BCUT2D eigenvalue weighted by atomic mass is 16.2. The van der Waals surface area contributed by atoms with E-state index in [1.165, 1.54) is 19.3 Å².